The topological polar surface area (TPSA) is 24.7 Å². The van der Waals surface area contributed by atoms with Crippen molar-refractivity contribution >= 4 is 23.3 Å². The first-order valence-corrected chi connectivity index (χ1v) is 13.4. The van der Waals surface area contributed by atoms with Gasteiger partial charge in [0.1, 0.15) is 0 Å². The minimum absolute atomic E-state index is 0.917. The molecule has 0 heterocycles. The quantitative estimate of drug-likeness (QED) is 0.251. The van der Waals surface area contributed by atoms with Gasteiger partial charge in [0.05, 0.1) is 17.1 Å². The summed E-state index contributed by atoms with van der Waals surface area (Å²) in [6, 6.07) is 19.7. The normalized spacial score (nSPS) is 12.0. The molecule has 2 nitrogen and oxygen atoms in total. The van der Waals surface area contributed by atoms with Crippen molar-refractivity contribution in [2.75, 3.05) is 0 Å². The van der Waals surface area contributed by atoms with Gasteiger partial charge in [-0.15, -0.1) is 0 Å². The van der Waals surface area contributed by atoms with Crippen molar-refractivity contribution in [2.45, 2.75) is 86.5 Å². The third kappa shape index (κ3) is 7.24. The number of hydrogen-bond donors (Lipinski definition) is 0. The molecule has 2 heteroatoms. The number of nitrogens with zero attached hydrogens (tertiary/aromatic N) is 2. The molecule has 35 heavy (non-hydrogen) atoms. The fourth-order valence-electron chi connectivity index (χ4n) is 4.63. The highest BCUT2D eigenvalue weighted by atomic mass is 14.8. The minimum Gasteiger partial charge on any atom is -0.255 e. The highest BCUT2D eigenvalue weighted by Gasteiger charge is 2.12. The van der Waals surface area contributed by atoms with Crippen molar-refractivity contribution in [1.82, 2.24) is 0 Å². The maximum atomic E-state index is 4.97. The van der Waals surface area contributed by atoms with Crippen molar-refractivity contribution in [3.05, 3.63) is 82.4 Å². The first kappa shape index (κ1) is 26.6. The summed E-state index contributed by atoms with van der Waals surface area (Å²) in [5.74, 6) is 0. The Morgan fingerprint density at radius 3 is 2.17 bits per heavy atom. The number of hydrogen-bond acceptors (Lipinski definition) is 2. The van der Waals surface area contributed by atoms with E-state index in [1.165, 1.54) is 64.6 Å². The van der Waals surface area contributed by atoms with Crippen LogP contribution in [0, 0.1) is 13.8 Å². The second kappa shape index (κ2) is 13.2. The van der Waals surface area contributed by atoms with E-state index in [0.29, 0.717) is 0 Å². The molecule has 0 fully saturated rings. The number of aliphatic imine (C=N–C) groups is 2. The fourth-order valence-corrected chi connectivity index (χ4v) is 4.63. The highest BCUT2D eigenvalue weighted by molar-refractivity contribution is 6.30. The molecular weight excluding hydrogens is 424 g/mol. The second-order valence-electron chi connectivity index (χ2n) is 9.62. The minimum atomic E-state index is 0.917. The van der Waals surface area contributed by atoms with Crippen molar-refractivity contribution in [3.8, 4) is 11.1 Å². The lowest BCUT2D eigenvalue weighted by Crippen LogP contribution is -1.98. The van der Waals surface area contributed by atoms with Crippen LogP contribution in [0.5, 0.6) is 0 Å². The summed E-state index contributed by atoms with van der Waals surface area (Å²) in [5.41, 5.74) is 12.5. The van der Waals surface area contributed by atoms with Crippen LogP contribution in [-0.2, 0) is 19.3 Å². The summed E-state index contributed by atoms with van der Waals surface area (Å²) >= 11 is 0. The van der Waals surface area contributed by atoms with Crippen molar-refractivity contribution in [3.63, 3.8) is 0 Å². The zero-order valence-electron chi connectivity index (χ0n) is 22.6. The smallest absolute Gasteiger partial charge is 0.0642 e. The SMILES string of the molecule is CCCCc1cc(N=CC(C)=Nc2cc(CC)c(CCCC)c(-c3ccccc3)c2)cc(C)c1C. The van der Waals surface area contributed by atoms with Crippen molar-refractivity contribution < 1.29 is 0 Å². The molecule has 3 rings (SSSR count). The van der Waals surface area contributed by atoms with Gasteiger partial charge in [-0.25, -0.2) is 0 Å². The number of aryl methyl sites for hydroxylation is 3. The van der Waals surface area contributed by atoms with Gasteiger partial charge in [-0.2, -0.15) is 0 Å². The van der Waals surface area contributed by atoms with Gasteiger partial charge in [0.25, 0.3) is 0 Å². The average Bonchev–Trinajstić information content (AvgIpc) is 2.87. The maximum absolute atomic E-state index is 4.97. The Balaban J connectivity index is 1.95. The molecule has 0 saturated heterocycles. The number of rotatable bonds is 11. The third-order valence-corrected chi connectivity index (χ3v) is 6.84. The average molecular weight is 467 g/mol. The van der Waals surface area contributed by atoms with Crippen LogP contribution in [0.3, 0.4) is 0 Å². The first-order valence-electron chi connectivity index (χ1n) is 13.4. The van der Waals surface area contributed by atoms with Crippen LogP contribution in [0.25, 0.3) is 11.1 Å². The lowest BCUT2D eigenvalue weighted by atomic mass is 9.90. The lowest BCUT2D eigenvalue weighted by Gasteiger charge is -2.16. The van der Waals surface area contributed by atoms with E-state index in [0.717, 1.165) is 36.3 Å². The molecule has 0 spiro atoms. The van der Waals surface area contributed by atoms with Crippen LogP contribution in [0.4, 0.5) is 11.4 Å². The van der Waals surface area contributed by atoms with Crippen molar-refractivity contribution in [1.29, 1.82) is 0 Å². The van der Waals surface area contributed by atoms with E-state index in [4.69, 9.17) is 9.98 Å². The molecule has 0 amide bonds. The number of benzene rings is 3. The van der Waals surface area contributed by atoms with E-state index in [1.54, 1.807) is 0 Å². The Bertz CT molecular complexity index is 1170. The summed E-state index contributed by atoms with van der Waals surface area (Å²) in [4.78, 5) is 9.77. The lowest BCUT2D eigenvalue weighted by molar-refractivity contribution is 0.788. The summed E-state index contributed by atoms with van der Waals surface area (Å²) in [5, 5.41) is 0. The fraction of sp³-hybridized carbons (Fsp3) is 0.394. The molecule has 0 bridgehead atoms. The molecule has 0 N–H and O–H groups in total. The van der Waals surface area contributed by atoms with E-state index in [2.05, 4.69) is 89.2 Å². The van der Waals surface area contributed by atoms with Crippen LogP contribution < -0.4 is 0 Å². The van der Waals surface area contributed by atoms with Gasteiger partial charge in [-0.05, 0) is 116 Å². The summed E-state index contributed by atoms with van der Waals surface area (Å²) in [6.07, 6.45) is 9.98. The van der Waals surface area contributed by atoms with Gasteiger partial charge in [0, 0.05) is 6.21 Å². The molecule has 0 aliphatic carbocycles. The van der Waals surface area contributed by atoms with Crippen LogP contribution in [0.1, 0.15) is 81.2 Å². The van der Waals surface area contributed by atoms with E-state index in [-0.39, 0.29) is 0 Å². The molecule has 0 aliphatic heterocycles. The van der Waals surface area contributed by atoms with Crippen LogP contribution in [0.2, 0.25) is 0 Å². The molecule has 0 saturated carbocycles. The standard InChI is InChI=1S/C33H42N2/c1-7-10-15-29-21-30(19-24(4)26(29)6)34-23-25(5)35-31-20-27(9-3)32(18-11-8-2)33(22-31)28-16-13-12-14-17-28/h12-14,16-17,19-23H,7-11,15,18H2,1-6H3. The van der Waals surface area contributed by atoms with Gasteiger partial charge in [0.15, 0.2) is 0 Å². The Kier molecular flexibility index (Phi) is 10.0. The molecule has 0 aromatic heterocycles. The van der Waals surface area contributed by atoms with E-state index < -0.39 is 0 Å². The van der Waals surface area contributed by atoms with Crippen LogP contribution in [0.15, 0.2) is 64.6 Å². The Morgan fingerprint density at radius 2 is 1.49 bits per heavy atom. The molecule has 0 unspecified atom stereocenters. The Morgan fingerprint density at radius 1 is 0.800 bits per heavy atom. The van der Waals surface area contributed by atoms with Gasteiger partial charge >= 0.3 is 0 Å². The predicted molar refractivity (Wildman–Crippen MR) is 155 cm³/mol. The zero-order valence-corrected chi connectivity index (χ0v) is 22.6. The summed E-state index contributed by atoms with van der Waals surface area (Å²) < 4.78 is 0. The number of unbranched alkanes of at least 4 members (excludes halogenated alkanes) is 2. The Hall–Kier alpha value is -3.00. The van der Waals surface area contributed by atoms with E-state index in [1.807, 2.05) is 13.1 Å². The summed E-state index contributed by atoms with van der Waals surface area (Å²) in [6.45, 7) is 13.2. The van der Waals surface area contributed by atoms with Gasteiger partial charge in [0.2, 0.25) is 0 Å². The van der Waals surface area contributed by atoms with Gasteiger partial charge < -0.3 is 0 Å². The molecule has 3 aromatic rings. The molecular formula is C33H42N2. The van der Waals surface area contributed by atoms with E-state index in [9.17, 15) is 0 Å². The zero-order chi connectivity index (χ0) is 25.2. The predicted octanol–water partition coefficient (Wildman–Crippen LogP) is 9.71. The molecule has 0 radical (unpaired) electrons. The maximum Gasteiger partial charge on any atom is 0.0642 e. The first-order chi connectivity index (χ1) is 17.0. The largest absolute Gasteiger partial charge is 0.255 e. The molecule has 3 aromatic carbocycles. The van der Waals surface area contributed by atoms with Crippen LogP contribution in [-0.4, -0.2) is 11.9 Å². The summed E-state index contributed by atoms with van der Waals surface area (Å²) in [7, 11) is 0. The van der Waals surface area contributed by atoms with Crippen molar-refractivity contribution in [2.24, 2.45) is 9.98 Å². The highest BCUT2D eigenvalue weighted by Crippen LogP contribution is 2.33. The van der Waals surface area contributed by atoms with E-state index >= 15 is 0 Å². The Labute approximate surface area is 213 Å². The molecule has 184 valence electrons. The van der Waals surface area contributed by atoms with Crippen LogP contribution >= 0.6 is 0 Å². The second-order valence-corrected chi connectivity index (χ2v) is 9.62. The molecule has 0 atom stereocenters. The monoisotopic (exact) mass is 466 g/mol. The van der Waals surface area contributed by atoms with Gasteiger partial charge in [-0.1, -0.05) is 63.9 Å². The molecule has 0 aliphatic rings. The third-order valence-electron chi connectivity index (χ3n) is 6.84. The van der Waals surface area contributed by atoms with Gasteiger partial charge in [-0.3, -0.25) is 9.98 Å².